The number of carbonyl (C=O) groups excluding carboxylic acids is 4. The summed E-state index contributed by atoms with van der Waals surface area (Å²) in [6.45, 7) is 16.6. The summed E-state index contributed by atoms with van der Waals surface area (Å²) in [6, 6.07) is 14.3. The van der Waals surface area contributed by atoms with E-state index in [2.05, 4.69) is 13.2 Å². The average molecular weight is 667 g/mol. The third-order valence-electron chi connectivity index (χ3n) is 9.04. The van der Waals surface area contributed by atoms with E-state index in [9.17, 15) is 29.4 Å². The second-order valence-corrected chi connectivity index (χ2v) is 11.9. The molecule has 10 heteroatoms. The van der Waals surface area contributed by atoms with Gasteiger partial charge >= 0.3 is 23.9 Å². The van der Waals surface area contributed by atoms with Gasteiger partial charge in [-0.25, -0.2) is 19.2 Å². The molecule has 2 unspecified atom stereocenters. The Morgan fingerprint density at radius 1 is 0.667 bits per heavy atom. The zero-order chi connectivity index (χ0) is 36.1. The van der Waals surface area contributed by atoms with Gasteiger partial charge in [-0.1, -0.05) is 77.3 Å². The van der Waals surface area contributed by atoms with Gasteiger partial charge in [0.25, 0.3) is 0 Å². The maximum atomic E-state index is 13.8. The van der Waals surface area contributed by atoms with Gasteiger partial charge in [-0.15, -0.1) is 0 Å². The fourth-order valence-electron chi connectivity index (χ4n) is 6.51. The summed E-state index contributed by atoms with van der Waals surface area (Å²) in [5, 5.41) is 20.2. The maximum absolute atomic E-state index is 13.8. The van der Waals surface area contributed by atoms with Crippen LogP contribution in [-0.2, 0) is 39.4 Å². The first-order valence-corrected chi connectivity index (χ1v) is 16.3. The molecule has 2 rings (SSSR count). The molecule has 0 bridgehead atoms. The van der Waals surface area contributed by atoms with E-state index in [1.54, 1.807) is 24.3 Å². The van der Waals surface area contributed by atoms with Crippen LogP contribution in [0.4, 0.5) is 0 Å². The Balaban J connectivity index is 2.56. The molecule has 2 N–H and O–H groups in total. The van der Waals surface area contributed by atoms with E-state index in [0.717, 1.165) is 11.1 Å². The van der Waals surface area contributed by atoms with Crippen molar-refractivity contribution in [3.8, 4) is 0 Å². The van der Waals surface area contributed by atoms with E-state index < -0.39 is 60.1 Å². The number of rotatable bonds is 19. The molecule has 2 aromatic carbocycles. The fourth-order valence-corrected chi connectivity index (χ4v) is 6.51. The molecule has 0 aromatic heterocycles. The molecule has 0 fully saturated rings. The van der Waals surface area contributed by atoms with Gasteiger partial charge in [-0.3, -0.25) is 0 Å². The Hall–Kier alpha value is -4.28. The highest BCUT2D eigenvalue weighted by molar-refractivity contribution is 5.93. The van der Waals surface area contributed by atoms with Gasteiger partial charge in [0.05, 0.1) is 17.7 Å². The van der Waals surface area contributed by atoms with Crippen molar-refractivity contribution >= 4 is 23.9 Å². The first kappa shape index (κ1) is 39.9. The molecular weight excluding hydrogens is 616 g/mol. The SMILES string of the molecule is C=C(C)C(=O)OCC(O)COC(=O)c1ccccc1C(CC)(CC)C(CC)(CC)c1ccccc1C(=O)OC(CO)COC(=O)C(=C)C. The smallest absolute Gasteiger partial charge is 0.338 e. The van der Waals surface area contributed by atoms with Crippen molar-refractivity contribution in [2.45, 2.75) is 90.3 Å². The van der Waals surface area contributed by atoms with E-state index >= 15 is 0 Å². The van der Waals surface area contributed by atoms with Gasteiger partial charge in [0.15, 0.2) is 6.10 Å². The predicted molar refractivity (Wildman–Crippen MR) is 182 cm³/mol. The van der Waals surface area contributed by atoms with Crippen LogP contribution in [0.1, 0.15) is 99.1 Å². The molecule has 0 aliphatic rings. The summed E-state index contributed by atoms with van der Waals surface area (Å²) in [4.78, 5) is 51.0. The van der Waals surface area contributed by atoms with Gasteiger partial charge in [0.1, 0.15) is 25.9 Å². The van der Waals surface area contributed by atoms with Crippen LogP contribution in [0.3, 0.4) is 0 Å². The highest BCUT2D eigenvalue weighted by atomic mass is 16.6. The van der Waals surface area contributed by atoms with Gasteiger partial charge in [0, 0.05) is 22.0 Å². The van der Waals surface area contributed by atoms with E-state index in [0.29, 0.717) is 36.8 Å². The zero-order valence-electron chi connectivity index (χ0n) is 29.0. The molecule has 0 aliphatic heterocycles. The number of carbonyl (C=O) groups is 4. The molecule has 262 valence electrons. The standard InChI is InChI=1S/C38H50O10/c1-9-37(10-2,31-19-15-13-17-29(31)35(43)46-23-27(40)22-45-33(41)25(5)6)38(11-3,12-4)32-20-16-14-18-30(32)36(44)48-28(21-39)24-47-34(42)26(7)8/h13-20,27-28,39-40H,5,7,9-12,21-24H2,1-4,6,8H3. The third-order valence-corrected chi connectivity index (χ3v) is 9.04. The summed E-state index contributed by atoms with van der Waals surface area (Å²) in [5.74, 6) is -2.64. The van der Waals surface area contributed by atoms with Crippen LogP contribution in [0, 0.1) is 0 Å². The summed E-state index contributed by atoms with van der Waals surface area (Å²) in [6.07, 6.45) is 0.0325. The topological polar surface area (TPSA) is 146 Å². The Morgan fingerprint density at radius 3 is 1.48 bits per heavy atom. The maximum Gasteiger partial charge on any atom is 0.338 e. The second-order valence-electron chi connectivity index (χ2n) is 11.9. The van der Waals surface area contributed by atoms with E-state index in [1.165, 1.54) is 13.8 Å². The second kappa shape index (κ2) is 18.3. The highest BCUT2D eigenvalue weighted by Gasteiger charge is 2.51. The van der Waals surface area contributed by atoms with Crippen molar-refractivity contribution in [1.82, 2.24) is 0 Å². The molecule has 0 radical (unpaired) electrons. The molecule has 0 heterocycles. The minimum absolute atomic E-state index is 0.180. The number of hydrogen-bond acceptors (Lipinski definition) is 10. The Morgan fingerprint density at radius 2 is 1.06 bits per heavy atom. The van der Waals surface area contributed by atoms with Crippen molar-refractivity contribution < 1.29 is 48.3 Å². The molecule has 0 amide bonds. The van der Waals surface area contributed by atoms with Crippen LogP contribution in [0.5, 0.6) is 0 Å². The number of esters is 4. The van der Waals surface area contributed by atoms with Gasteiger partial charge in [-0.05, 0) is 62.8 Å². The molecule has 0 saturated heterocycles. The lowest BCUT2D eigenvalue weighted by Gasteiger charge is -2.52. The first-order valence-electron chi connectivity index (χ1n) is 16.3. The molecule has 10 nitrogen and oxygen atoms in total. The van der Waals surface area contributed by atoms with Gasteiger partial charge in [-0.2, -0.15) is 0 Å². The van der Waals surface area contributed by atoms with Crippen LogP contribution in [0.15, 0.2) is 72.8 Å². The Kier molecular flexibility index (Phi) is 15.2. The molecule has 2 aromatic rings. The van der Waals surface area contributed by atoms with Crippen molar-refractivity contribution in [1.29, 1.82) is 0 Å². The molecule has 0 aliphatic carbocycles. The number of hydrogen-bond donors (Lipinski definition) is 2. The molecule has 48 heavy (non-hydrogen) atoms. The molecular formula is C38H50O10. The van der Waals surface area contributed by atoms with E-state index in [-0.39, 0.29) is 24.4 Å². The van der Waals surface area contributed by atoms with Gasteiger partial charge in [0.2, 0.25) is 0 Å². The van der Waals surface area contributed by atoms with E-state index in [4.69, 9.17) is 18.9 Å². The first-order chi connectivity index (χ1) is 22.8. The molecule has 0 spiro atoms. The predicted octanol–water partition coefficient (Wildman–Crippen LogP) is 5.78. The lowest BCUT2D eigenvalue weighted by atomic mass is 9.51. The lowest BCUT2D eigenvalue weighted by molar-refractivity contribution is -0.143. The van der Waals surface area contributed by atoms with E-state index in [1.807, 2.05) is 52.0 Å². The normalized spacial score (nSPS) is 12.8. The fraction of sp³-hybridized carbons (Fsp3) is 0.474. The largest absolute Gasteiger partial charge is 0.459 e. The number of benzene rings is 2. The molecule has 0 saturated carbocycles. The molecule has 2 atom stereocenters. The van der Waals surface area contributed by atoms with Crippen LogP contribution in [0.2, 0.25) is 0 Å². The Bertz CT molecular complexity index is 1450. The summed E-state index contributed by atoms with van der Waals surface area (Å²) < 4.78 is 21.3. The monoisotopic (exact) mass is 666 g/mol. The zero-order valence-corrected chi connectivity index (χ0v) is 29.0. The van der Waals surface area contributed by atoms with Crippen molar-refractivity contribution in [2.24, 2.45) is 0 Å². The third kappa shape index (κ3) is 8.99. The summed E-state index contributed by atoms with van der Waals surface area (Å²) >= 11 is 0. The summed E-state index contributed by atoms with van der Waals surface area (Å²) in [5.41, 5.74) is 1.05. The van der Waals surface area contributed by atoms with Crippen LogP contribution >= 0.6 is 0 Å². The summed E-state index contributed by atoms with van der Waals surface area (Å²) in [7, 11) is 0. The average Bonchev–Trinajstić information content (AvgIpc) is 3.10. The van der Waals surface area contributed by atoms with Crippen LogP contribution in [-0.4, -0.2) is 72.7 Å². The van der Waals surface area contributed by atoms with Crippen LogP contribution in [0.25, 0.3) is 0 Å². The minimum Gasteiger partial charge on any atom is -0.459 e. The van der Waals surface area contributed by atoms with Crippen molar-refractivity contribution in [3.63, 3.8) is 0 Å². The van der Waals surface area contributed by atoms with Crippen LogP contribution < -0.4 is 0 Å². The number of aliphatic hydroxyl groups is 2. The quantitative estimate of drug-likeness (QED) is 0.108. The van der Waals surface area contributed by atoms with Crippen molar-refractivity contribution in [3.05, 3.63) is 95.1 Å². The highest BCUT2D eigenvalue weighted by Crippen LogP contribution is 2.55. The van der Waals surface area contributed by atoms with Gasteiger partial charge < -0.3 is 29.2 Å². The minimum atomic E-state index is -1.23. The number of ether oxygens (including phenoxy) is 4. The Labute approximate surface area is 283 Å². The number of aliphatic hydroxyl groups excluding tert-OH is 2. The van der Waals surface area contributed by atoms with Crippen molar-refractivity contribution in [2.75, 3.05) is 26.4 Å². The lowest BCUT2D eigenvalue weighted by Crippen LogP contribution is -2.50.